The summed E-state index contributed by atoms with van der Waals surface area (Å²) in [4.78, 5) is 5.56. The fraction of sp³-hybridized carbons (Fsp3) is 0.727. The molecule has 0 fully saturated rings. The van der Waals surface area contributed by atoms with Crippen molar-refractivity contribution in [1.29, 1.82) is 0 Å². The summed E-state index contributed by atoms with van der Waals surface area (Å²) in [7, 11) is 0. The second-order valence-corrected chi connectivity index (χ2v) is 4.84. The molecule has 0 radical (unpaired) electrons. The topological polar surface area (TPSA) is 45.2 Å². The quantitative estimate of drug-likeness (QED) is 0.785. The van der Waals surface area contributed by atoms with Crippen LogP contribution < -0.4 is 5.32 Å². The molecule has 0 bridgehead atoms. The van der Waals surface area contributed by atoms with Crippen molar-refractivity contribution in [2.24, 2.45) is 0 Å². The van der Waals surface area contributed by atoms with E-state index < -0.39 is 0 Å². The second-order valence-electron chi connectivity index (χ2n) is 3.96. The number of aliphatic hydroxyl groups excluding tert-OH is 1. The van der Waals surface area contributed by atoms with Crippen LogP contribution in [-0.4, -0.2) is 22.7 Å². The molecule has 2 N–H and O–H groups in total. The monoisotopic (exact) mass is 228 g/mol. The lowest BCUT2D eigenvalue weighted by molar-refractivity contribution is 0.274. The minimum atomic E-state index is 0.278. The lowest BCUT2D eigenvalue weighted by Crippen LogP contribution is -2.29. The Labute approximate surface area is 95.6 Å². The Morgan fingerprint density at radius 1 is 1.53 bits per heavy atom. The highest BCUT2D eigenvalue weighted by molar-refractivity contribution is 7.09. The van der Waals surface area contributed by atoms with Crippen molar-refractivity contribution in [1.82, 2.24) is 10.3 Å². The first-order chi connectivity index (χ1) is 7.15. The van der Waals surface area contributed by atoms with Gasteiger partial charge in [-0.25, -0.2) is 4.98 Å². The molecule has 86 valence electrons. The lowest BCUT2D eigenvalue weighted by atomic mass is 10.1. The van der Waals surface area contributed by atoms with Crippen LogP contribution in [-0.2, 0) is 0 Å². The maximum absolute atomic E-state index is 8.74. The van der Waals surface area contributed by atoms with Gasteiger partial charge >= 0.3 is 0 Å². The second kappa shape index (κ2) is 6.20. The van der Waals surface area contributed by atoms with E-state index in [4.69, 9.17) is 5.11 Å². The van der Waals surface area contributed by atoms with Crippen molar-refractivity contribution in [3.8, 4) is 0 Å². The third-order valence-electron chi connectivity index (χ3n) is 2.51. The zero-order valence-corrected chi connectivity index (χ0v) is 10.5. The molecule has 0 aliphatic carbocycles. The predicted molar refractivity (Wildman–Crippen MR) is 64.2 cm³/mol. The Bertz CT molecular complexity index is 288. The summed E-state index contributed by atoms with van der Waals surface area (Å²) >= 11 is 1.70. The molecule has 0 saturated carbocycles. The molecule has 0 aliphatic rings. The highest BCUT2D eigenvalue weighted by atomic mass is 32.1. The van der Waals surface area contributed by atoms with E-state index >= 15 is 0 Å². The molecule has 0 saturated heterocycles. The molecular weight excluding hydrogens is 208 g/mol. The molecule has 2 atom stereocenters. The van der Waals surface area contributed by atoms with E-state index in [0.29, 0.717) is 12.1 Å². The maximum Gasteiger partial charge on any atom is 0.0798 e. The van der Waals surface area contributed by atoms with Crippen LogP contribution in [0.2, 0.25) is 0 Å². The number of aryl methyl sites for hydroxylation is 1. The van der Waals surface area contributed by atoms with E-state index in [2.05, 4.69) is 24.1 Å². The van der Waals surface area contributed by atoms with Gasteiger partial charge in [0.15, 0.2) is 0 Å². The van der Waals surface area contributed by atoms with Crippen molar-refractivity contribution in [3.05, 3.63) is 16.1 Å². The third-order valence-corrected chi connectivity index (χ3v) is 3.62. The number of rotatable bonds is 6. The van der Waals surface area contributed by atoms with E-state index in [1.54, 1.807) is 11.3 Å². The minimum absolute atomic E-state index is 0.278. The highest BCUT2D eigenvalue weighted by Gasteiger charge is 2.12. The van der Waals surface area contributed by atoms with Crippen LogP contribution in [0.3, 0.4) is 0 Å². The van der Waals surface area contributed by atoms with E-state index in [-0.39, 0.29) is 6.61 Å². The first kappa shape index (κ1) is 12.6. The summed E-state index contributed by atoms with van der Waals surface area (Å²) < 4.78 is 0. The minimum Gasteiger partial charge on any atom is -0.396 e. The molecule has 0 aromatic carbocycles. The number of aliphatic hydroxyl groups is 1. The zero-order chi connectivity index (χ0) is 11.3. The normalized spacial score (nSPS) is 15.2. The van der Waals surface area contributed by atoms with Gasteiger partial charge in [-0.05, 0) is 33.6 Å². The van der Waals surface area contributed by atoms with Crippen LogP contribution >= 0.6 is 11.3 Å². The van der Waals surface area contributed by atoms with Gasteiger partial charge in [0.1, 0.15) is 0 Å². The maximum atomic E-state index is 8.74. The first-order valence-corrected chi connectivity index (χ1v) is 6.30. The van der Waals surface area contributed by atoms with Crippen molar-refractivity contribution >= 4 is 11.3 Å². The van der Waals surface area contributed by atoms with E-state index in [9.17, 15) is 0 Å². The third kappa shape index (κ3) is 3.89. The van der Waals surface area contributed by atoms with Crippen LogP contribution in [0.15, 0.2) is 5.51 Å². The smallest absolute Gasteiger partial charge is 0.0798 e. The van der Waals surface area contributed by atoms with Gasteiger partial charge in [0.05, 0.1) is 11.2 Å². The van der Waals surface area contributed by atoms with Crippen LogP contribution in [0.1, 0.15) is 43.3 Å². The lowest BCUT2D eigenvalue weighted by Gasteiger charge is -2.19. The van der Waals surface area contributed by atoms with E-state index in [0.717, 1.165) is 18.5 Å². The van der Waals surface area contributed by atoms with Crippen LogP contribution in [0.4, 0.5) is 0 Å². The molecule has 1 aromatic heterocycles. The Kier molecular flexibility index (Phi) is 5.22. The van der Waals surface area contributed by atoms with Gasteiger partial charge in [-0.2, -0.15) is 0 Å². The number of thiazole rings is 1. The zero-order valence-electron chi connectivity index (χ0n) is 9.66. The average molecular weight is 228 g/mol. The number of hydrogen-bond acceptors (Lipinski definition) is 4. The fourth-order valence-corrected chi connectivity index (χ4v) is 2.53. The number of aromatic nitrogens is 1. The van der Waals surface area contributed by atoms with E-state index in [1.807, 2.05) is 12.4 Å². The van der Waals surface area contributed by atoms with E-state index in [1.165, 1.54) is 4.88 Å². The van der Waals surface area contributed by atoms with Crippen LogP contribution in [0, 0.1) is 6.92 Å². The Balaban J connectivity index is 2.42. The summed E-state index contributed by atoms with van der Waals surface area (Å²) in [6.07, 6.45) is 1.88. The number of hydrogen-bond donors (Lipinski definition) is 2. The molecule has 2 unspecified atom stereocenters. The summed E-state index contributed by atoms with van der Waals surface area (Å²) in [6, 6.07) is 0.792. The molecule has 4 heteroatoms. The Morgan fingerprint density at radius 3 is 2.80 bits per heavy atom. The van der Waals surface area contributed by atoms with Gasteiger partial charge in [-0.15, -0.1) is 11.3 Å². The predicted octanol–water partition coefficient (Wildman–Crippen LogP) is 2.26. The summed E-state index contributed by atoms with van der Waals surface area (Å²) in [5, 5.41) is 12.3. The van der Waals surface area contributed by atoms with Gasteiger partial charge in [0.25, 0.3) is 0 Å². The van der Waals surface area contributed by atoms with Gasteiger partial charge in [0.2, 0.25) is 0 Å². The molecule has 1 rings (SSSR count). The summed E-state index contributed by atoms with van der Waals surface area (Å²) in [5.74, 6) is 0. The van der Waals surface area contributed by atoms with Crippen molar-refractivity contribution in [2.75, 3.05) is 6.61 Å². The first-order valence-electron chi connectivity index (χ1n) is 5.42. The summed E-state index contributed by atoms with van der Waals surface area (Å²) in [6.45, 7) is 6.64. The molecule has 1 heterocycles. The molecule has 1 aromatic rings. The Hall–Kier alpha value is -0.450. The van der Waals surface area contributed by atoms with Crippen molar-refractivity contribution < 1.29 is 5.11 Å². The fourth-order valence-electron chi connectivity index (χ4n) is 1.71. The van der Waals surface area contributed by atoms with Crippen LogP contribution in [0.25, 0.3) is 0 Å². The molecular formula is C11H20N2OS. The van der Waals surface area contributed by atoms with Gasteiger partial charge in [-0.1, -0.05) is 0 Å². The van der Waals surface area contributed by atoms with Gasteiger partial charge in [-0.3, -0.25) is 0 Å². The van der Waals surface area contributed by atoms with Crippen LogP contribution in [0.5, 0.6) is 0 Å². The van der Waals surface area contributed by atoms with Gasteiger partial charge in [0, 0.05) is 23.6 Å². The summed E-state index contributed by atoms with van der Waals surface area (Å²) in [5.41, 5.74) is 3.01. The number of nitrogens with zero attached hydrogens (tertiary/aromatic N) is 1. The Morgan fingerprint density at radius 2 is 2.27 bits per heavy atom. The molecule has 0 amide bonds. The van der Waals surface area contributed by atoms with Gasteiger partial charge < -0.3 is 10.4 Å². The molecule has 0 spiro atoms. The number of nitrogens with one attached hydrogen (secondary N) is 1. The average Bonchev–Trinajstić information content (AvgIpc) is 2.61. The van der Waals surface area contributed by atoms with Crippen molar-refractivity contribution in [2.45, 2.75) is 45.7 Å². The van der Waals surface area contributed by atoms with Crippen molar-refractivity contribution in [3.63, 3.8) is 0 Å². The molecule has 3 nitrogen and oxygen atoms in total. The standard InChI is InChI=1S/C11H20N2OS/c1-8(5-4-6-14)13-10(3)11-9(2)12-7-15-11/h7-8,10,13-14H,4-6H2,1-3H3. The molecule has 15 heavy (non-hydrogen) atoms. The largest absolute Gasteiger partial charge is 0.396 e. The molecule has 0 aliphatic heterocycles. The highest BCUT2D eigenvalue weighted by Crippen LogP contribution is 2.21. The SMILES string of the molecule is Cc1ncsc1C(C)NC(C)CCCO.